The molecule has 3 nitrogen and oxygen atoms in total. The summed E-state index contributed by atoms with van der Waals surface area (Å²) in [5, 5.41) is 2.29. The number of aromatic nitrogens is 2. The number of benzene rings is 2. The van der Waals surface area contributed by atoms with Crippen molar-refractivity contribution in [3.8, 4) is 5.69 Å². The molecule has 4 rings (SSSR count). The Morgan fingerprint density at radius 1 is 1.05 bits per heavy atom. The van der Waals surface area contributed by atoms with Crippen LogP contribution in [0.2, 0.25) is 0 Å². The van der Waals surface area contributed by atoms with Gasteiger partial charge in [0.2, 0.25) is 6.33 Å². The Bertz CT molecular complexity index is 931. The maximum Gasteiger partial charge on any atom is 0.243 e. The van der Waals surface area contributed by atoms with Gasteiger partial charge in [-0.05, 0) is 19.9 Å². The third-order valence-corrected chi connectivity index (χ3v) is 3.80. The summed E-state index contributed by atoms with van der Waals surface area (Å²) in [5.74, 6) is 0. The van der Waals surface area contributed by atoms with E-state index in [4.69, 9.17) is 4.42 Å². The second-order valence-electron chi connectivity index (χ2n) is 5.52. The third kappa shape index (κ3) is 1.85. The zero-order chi connectivity index (χ0) is 14.4. The van der Waals surface area contributed by atoms with Gasteiger partial charge >= 0.3 is 0 Å². The molecule has 2 aromatic heterocycles. The molecule has 0 fully saturated rings. The van der Waals surface area contributed by atoms with Crippen molar-refractivity contribution >= 4 is 21.9 Å². The van der Waals surface area contributed by atoms with Gasteiger partial charge in [0, 0.05) is 23.2 Å². The molecular weight excluding hydrogens is 260 g/mol. The van der Waals surface area contributed by atoms with E-state index in [9.17, 15) is 0 Å². The lowest BCUT2D eigenvalue weighted by Gasteiger charge is -2.04. The van der Waals surface area contributed by atoms with E-state index in [1.165, 1.54) is 0 Å². The van der Waals surface area contributed by atoms with E-state index >= 15 is 0 Å². The monoisotopic (exact) mass is 276 g/mol. The zero-order valence-corrected chi connectivity index (χ0v) is 12.1. The van der Waals surface area contributed by atoms with Gasteiger partial charge in [-0.25, -0.2) is 0 Å². The molecule has 0 spiro atoms. The van der Waals surface area contributed by atoms with E-state index < -0.39 is 0 Å². The van der Waals surface area contributed by atoms with Gasteiger partial charge < -0.3 is 13.6 Å². The molecule has 0 amide bonds. The highest BCUT2D eigenvalue weighted by atomic mass is 16.3. The SMILES string of the molecule is CC(C)n1[c-][n+](-c2cccc3c2oc2ccccc23)cc1. The Kier molecular flexibility index (Phi) is 2.61. The molecule has 0 bridgehead atoms. The molecule has 0 N–H and O–H groups in total. The first-order valence-electron chi connectivity index (χ1n) is 7.16. The highest BCUT2D eigenvalue weighted by Gasteiger charge is 2.11. The van der Waals surface area contributed by atoms with Crippen molar-refractivity contribution in [2.45, 2.75) is 19.9 Å². The Labute approximate surface area is 123 Å². The van der Waals surface area contributed by atoms with Crippen LogP contribution in [0.25, 0.3) is 27.6 Å². The minimum Gasteiger partial charge on any atom is -0.462 e. The van der Waals surface area contributed by atoms with E-state index in [-0.39, 0.29) is 0 Å². The Morgan fingerprint density at radius 3 is 2.67 bits per heavy atom. The van der Waals surface area contributed by atoms with E-state index in [1.807, 2.05) is 35.2 Å². The summed E-state index contributed by atoms with van der Waals surface area (Å²) in [5.41, 5.74) is 2.84. The summed E-state index contributed by atoms with van der Waals surface area (Å²) in [6.45, 7) is 4.28. The highest BCUT2D eigenvalue weighted by molar-refractivity contribution is 6.06. The molecule has 0 unspecified atom stereocenters. The normalized spacial score (nSPS) is 11.8. The van der Waals surface area contributed by atoms with Crippen LogP contribution in [0, 0.1) is 6.33 Å². The van der Waals surface area contributed by atoms with Gasteiger partial charge in [0.05, 0.1) is 11.7 Å². The van der Waals surface area contributed by atoms with Gasteiger partial charge in [0.15, 0.2) is 0 Å². The first kappa shape index (κ1) is 12.2. The smallest absolute Gasteiger partial charge is 0.243 e. The first-order chi connectivity index (χ1) is 10.2. The maximum absolute atomic E-state index is 6.06. The van der Waals surface area contributed by atoms with Crippen molar-refractivity contribution < 1.29 is 8.98 Å². The predicted octanol–water partition coefficient (Wildman–Crippen LogP) is 4.05. The molecule has 0 atom stereocenters. The molecule has 0 saturated heterocycles. The van der Waals surface area contributed by atoms with Crippen LogP contribution in [0.4, 0.5) is 0 Å². The number of imidazole rings is 1. The van der Waals surface area contributed by atoms with Crippen molar-refractivity contribution in [1.29, 1.82) is 0 Å². The standard InChI is InChI=1S/C18H16N2O/c1-13(2)19-10-11-20(12-19)16-8-5-7-15-14-6-3-4-9-17(14)21-18(15)16/h3-11,13H,1-2H3. The van der Waals surface area contributed by atoms with E-state index in [1.54, 1.807) is 0 Å². The number of furan rings is 1. The predicted molar refractivity (Wildman–Crippen MR) is 82.5 cm³/mol. The van der Waals surface area contributed by atoms with Gasteiger partial charge in [-0.3, -0.25) is 0 Å². The summed E-state index contributed by atoms with van der Waals surface area (Å²) < 4.78 is 10.1. The summed E-state index contributed by atoms with van der Waals surface area (Å²) in [4.78, 5) is 0. The highest BCUT2D eigenvalue weighted by Crippen LogP contribution is 2.30. The van der Waals surface area contributed by atoms with Crippen LogP contribution < -0.4 is 4.57 Å². The van der Waals surface area contributed by atoms with Crippen LogP contribution in [-0.2, 0) is 0 Å². The lowest BCUT2D eigenvalue weighted by molar-refractivity contribution is -0.598. The summed E-state index contributed by atoms with van der Waals surface area (Å²) in [6.07, 6.45) is 7.39. The summed E-state index contributed by atoms with van der Waals surface area (Å²) >= 11 is 0. The Morgan fingerprint density at radius 2 is 1.86 bits per heavy atom. The average Bonchev–Trinajstić information content (AvgIpc) is 3.11. The molecule has 2 aromatic carbocycles. The van der Waals surface area contributed by atoms with Crippen molar-refractivity contribution in [3.05, 3.63) is 61.2 Å². The van der Waals surface area contributed by atoms with Crippen LogP contribution in [0.15, 0.2) is 59.3 Å². The summed E-state index contributed by atoms with van der Waals surface area (Å²) in [7, 11) is 0. The minimum absolute atomic E-state index is 0.390. The molecule has 0 aliphatic rings. The van der Waals surface area contributed by atoms with E-state index in [2.05, 4.69) is 49.0 Å². The van der Waals surface area contributed by atoms with Crippen LogP contribution in [-0.4, -0.2) is 4.57 Å². The van der Waals surface area contributed by atoms with Crippen molar-refractivity contribution in [2.75, 3.05) is 0 Å². The van der Waals surface area contributed by atoms with Gasteiger partial charge in [-0.15, -0.1) is 0 Å². The molecule has 0 aliphatic heterocycles. The lowest BCUT2D eigenvalue weighted by atomic mass is 10.1. The second-order valence-corrected chi connectivity index (χ2v) is 5.52. The number of rotatable bonds is 2. The fourth-order valence-electron chi connectivity index (χ4n) is 2.67. The molecule has 0 radical (unpaired) electrons. The van der Waals surface area contributed by atoms with Gasteiger partial charge in [0.25, 0.3) is 0 Å². The van der Waals surface area contributed by atoms with Crippen LogP contribution >= 0.6 is 0 Å². The van der Waals surface area contributed by atoms with E-state index in [0.717, 1.165) is 27.6 Å². The topological polar surface area (TPSA) is 21.9 Å². The number of para-hydroxylation sites is 2. The van der Waals surface area contributed by atoms with Gasteiger partial charge in [-0.2, -0.15) is 0 Å². The van der Waals surface area contributed by atoms with Crippen LogP contribution in [0.1, 0.15) is 19.9 Å². The van der Waals surface area contributed by atoms with Gasteiger partial charge in [0.1, 0.15) is 11.2 Å². The molecule has 21 heavy (non-hydrogen) atoms. The third-order valence-electron chi connectivity index (χ3n) is 3.80. The quantitative estimate of drug-likeness (QED) is 0.400. The van der Waals surface area contributed by atoms with Crippen LogP contribution in [0.3, 0.4) is 0 Å². The Hall–Kier alpha value is -2.55. The largest absolute Gasteiger partial charge is 0.462 e. The first-order valence-corrected chi connectivity index (χ1v) is 7.16. The molecule has 0 aliphatic carbocycles. The molecular formula is C18H16N2O. The number of hydrogen-bond donors (Lipinski definition) is 0. The second kappa shape index (κ2) is 4.48. The fraction of sp³-hybridized carbons (Fsp3) is 0.167. The number of nitrogens with zero attached hydrogens (tertiary/aromatic N) is 2. The molecule has 2 heterocycles. The van der Waals surface area contributed by atoms with Crippen molar-refractivity contribution in [3.63, 3.8) is 0 Å². The molecule has 3 heteroatoms. The molecule has 4 aromatic rings. The zero-order valence-electron chi connectivity index (χ0n) is 12.1. The fourth-order valence-corrected chi connectivity index (χ4v) is 2.67. The van der Waals surface area contributed by atoms with Gasteiger partial charge in [-0.1, -0.05) is 36.4 Å². The average molecular weight is 276 g/mol. The molecule has 0 saturated carbocycles. The number of hydrogen-bond acceptors (Lipinski definition) is 1. The number of fused-ring (bicyclic) bond motifs is 3. The van der Waals surface area contributed by atoms with Crippen molar-refractivity contribution in [2.24, 2.45) is 0 Å². The maximum atomic E-state index is 6.06. The van der Waals surface area contributed by atoms with E-state index in [0.29, 0.717) is 6.04 Å². The van der Waals surface area contributed by atoms with Crippen LogP contribution in [0.5, 0.6) is 0 Å². The van der Waals surface area contributed by atoms with Crippen molar-refractivity contribution in [1.82, 2.24) is 4.57 Å². The summed E-state index contributed by atoms with van der Waals surface area (Å²) in [6, 6.07) is 14.8. The molecule has 104 valence electrons. The minimum atomic E-state index is 0.390. The Balaban J connectivity index is 1.99. The lowest BCUT2D eigenvalue weighted by Crippen LogP contribution is -2.28.